The van der Waals surface area contributed by atoms with Gasteiger partial charge in [-0.15, -0.1) is 13.2 Å². The summed E-state index contributed by atoms with van der Waals surface area (Å²) in [6, 6.07) is 3.72. The van der Waals surface area contributed by atoms with Gasteiger partial charge in [0.2, 0.25) is 5.91 Å². The van der Waals surface area contributed by atoms with Crippen molar-refractivity contribution < 1.29 is 29.0 Å². The summed E-state index contributed by atoms with van der Waals surface area (Å²) in [6.07, 6.45) is 5.71. The number of para-hydroxylation sites is 1. The quantitative estimate of drug-likeness (QED) is 0.202. The third-order valence-electron chi connectivity index (χ3n) is 9.06. The second-order valence-electron chi connectivity index (χ2n) is 11.9. The first-order chi connectivity index (χ1) is 19.5. The number of hydrogen-bond acceptors (Lipinski definition) is 6. The molecule has 224 valence electrons. The van der Waals surface area contributed by atoms with Gasteiger partial charge >= 0.3 is 5.97 Å². The number of amides is 2. The van der Waals surface area contributed by atoms with Gasteiger partial charge < -0.3 is 24.4 Å². The molecule has 8 nitrogen and oxygen atoms in total. The van der Waals surface area contributed by atoms with E-state index in [2.05, 4.69) is 13.2 Å². The fourth-order valence-electron chi connectivity index (χ4n) is 7.37. The molecule has 2 bridgehead atoms. The molecule has 1 spiro atoms. The third-order valence-corrected chi connectivity index (χ3v) is 9.36. The van der Waals surface area contributed by atoms with Crippen LogP contribution in [0, 0.1) is 24.7 Å². The van der Waals surface area contributed by atoms with Crippen LogP contribution in [-0.2, 0) is 23.9 Å². The van der Waals surface area contributed by atoms with E-state index in [0.29, 0.717) is 42.8 Å². The monoisotopic (exact) mass is 586 g/mol. The first-order valence-electron chi connectivity index (χ1n) is 14.6. The Hall–Kier alpha value is -2.68. The van der Waals surface area contributed by atoms with Crippen LogP contribution >= 0.6 is 11.6 Å². The highest BCUT2D eigenvalue weighted by Gasteiger charge is 2.79. The van der Waals surface area contributed by atoms with E-state index >= 15 is 0 Å². The molecule has 0 radical (unpaired) electrons. The smallest absolute Gasteiger partial charge is 0.312 e. The van der Waals surface area contributed by atoms with Crippen molar-refractivity contribution in [1.29, 1.82) is 0 Å². The number of nitrogens with zero attached hydrogens (tertiary/aromatic N) is 2. The SMILES string of the molecule is C=CCCOC(=O)[C@H]1[C@H]2C(=O)N([C@@H](CO)CC(C)C)C(C(=O)N(CC=C)c3c(C)cccc3Cl)C23CC[C@]1(CC)O3. The summed E-state index contributed by atoms with van der Waals surface area (Å²) >= 11 is 6.64. The van der Waals surface area contributed by atoms with Gasteiger partial charge in [-0.3, -0.25) is 14.4 Å². The normalized spacial score (nSPS) is 29.0. The zero-order valence-corrected chi connectivity index (χ0v) is 25.4. The maximum Gasteiger partial charge on any atom is 0.312 e. The minimum absolute atomic E-state index is 0.141. The van der Waals surface area contributed by atoms with E-state index in [-0.39, 0.29) is 37.5 Å². The number of aliphatic hydroxyl groups excluding tert-OH is 1. The van der Waals surface area contributed by atoms with Crippen molar-refractivity contribution in [2.75, 3.05) is 24.7 Å². The van der Waals surface area contributed by atoms with Gasteiger partial charge in [0.25, 0.3) is 5.91 Å². The predicted octanol–water partition coefficient (Wildman–Crippen LogP) is 4.85. The minimum Gasteiger partial charge on any atom is -0.465 e. The van der Waals surface area contributed by atoms with Crippen LogP contribution in [0.3, 0.4) is 0 Å². The van der Waals surface area contributed by atoms with Crippen LogP contribution in [0.25, 0.3) is 0 Å². The molecule has 1 N–H and O–H groups in total. The number of esters is 1. The van der Waals surface area contributed by atoms with Gasteiger partial charge in [0.05, 0.1) is 41.5 Å². The van der Waals surface area contributed by atoms with Crippen LogP contribution < -0.4 is 4.90 Å². The fraction of sp³-hybridized carbons (Fsp3) is 0.594. The first kappa shape index (κ1) is 31.3. The molecule has 0 aromatic heterocycles. The number of anilines is 1. The molecule has 3 saturated heterocycles. The Morgan fingerprint density at radius 1 is 1.29 bits per heavy atom. The Morgan fingerprint density at radius 3 is 2.61 bits per heavy atom. The average Bonchev–Trinajstić information content (AvgIpc) is 3.54. The summed E-state index contributed by atoms with van der Waals surface area (Å²) in [6.45, 7) is 15.4. The lowest BCUT2D eigenvalue weighted by atomic mass is 9.65. The van der Waals surface area contributed by atoms with Gasteiger partial charge in [-0.25, -0.2) is 0 Å². The Morgan fingerprint density at radius 2 is 2.02 bits per heavy atom. The Labute approximate surface area is 248 Å². The van der Waals surface area contributed by atoms with Crippen molar-refractivity contribution >= 4 is 35.1 Å². The molecule has 6 atom stereocenters. The second kappa shape index (κ2) is 12.3. The molecule has 2 amide bonds. The van der Waals surface area contributed by atoms with Crippen molar-refractivity contribution in [3.63, 3.8) is 0 Å². The molecular formula is C32H43ClN2O6. The number of fused-ring (bicyclic) bond motifs is 1. The zero-order chi connectivity index (χ0) is 30.1. The molecule has 0 aliphatic carbocycles. The Kier molecular flexibility index (Phi) is 9.36. The summed E-state index contributed by atoms with van der Waals surface area (Å²) in [4.78, 5) is 46.1. The number of aryl methyl sites for hydroxylation is 1. The van der Waals surface area contributed by atoms with E-state index in [4.69, 9.17) is 21.1 Å². The van der Waals surface area contributed by atoms with E-state index in [0.717, 1.165) is 5.56 Å². The van der Waals surface area contributed by atoms with Crippen LogP contribution in [0.4, 0.5) is 5.69 Å². The van der Waals surface area contributed by atoms with Crippen LogP contribution in [0.2, 0.25) is 5.02 Å². The third kappa shape index (κ3) is 5.12. The lowest BCUT2D eigenvalue weighted by Gasteiger charge is -2.40. The largest absolute Gasteiger partial charge is 0.465 e. The molecule has 9 heteroatoms. The van der Waals surface area contributed by atoms with Gasteiger partial charge in [0.1, 0.15) is 17.6 Å². The van der Waals surface area contributed by atoms with Gasteiger partial charge in [-0.05, 0) is 56.6 Å². The first-order valence-corrected chi connectivity index (χ1v) is 15.0. The molecule has 3 heterocycles. The molecule has 1 aromatic carbocycles. The highest BCUT2D eigenvalue weighted by atomic mass is 35.5. The minimum atomic E-state index is -1.24. The predicted molar refractivity (Wildman–Crippen MR) is 159 cm³/mol. The molecule has 3 aliphatic rings. The lowest BCUT2D eigenvalue weighted by Crippen LogP contribution is -2.59. The summed E-state index contributed by atoms with van der Waals surface area (Å²) in [5, 5.41) is 10.9. The molecule has 41 heavy (non-hydrogen) atoms. The van der Waals surface area contributed by atoms with Crippen LogP contribution in [0.1, 0.15) is 58.4 Å². The number of ether oxygens (including phenoxy) is 2. The summed E-state index contributed by atoms with van der Waals surface area (Å²) in [5.74, 6) is -2.82. The number of hydrogen-bond donors (Lipinski definition) is 1. The summed E-state index contributed by atoms with van der Waals surface area (Å²) in [7, 11) is 0. The van der Waals surface area contributed by atoms with Crippen molar-refractivity contribution in [3.05, 3.63) is 54.1 Å². The van der Waals surface area contributed by atoms with Crippen molar-refractivity contribution in [2.24, 2.45) is 17.8 Å². The van der Waals surface area contributed by atoms with E-state index in [1.165, 1.54) is 4.90 Å². The number of halogens is 1. The maximum atomic E-state index is 14.8. The average molecular weight is 587 g/mol. The molecular weight excluding hydrogens is 544 g/mol. The van der Waals surface area contributed by atoms with Crippen LogP contribution in [0.15, 0.2) is 43.5 Å². The van der Waals surface area contributed by atoms with Gasteiger partial charge in [-0.1, -0.05) is 56.7 Å². The summed E-state index contributed by atoms with van der Waals surface area (Å²) in [5.41, 5.74) is -0.824. The topological polar surface area (TPSA) is 96.4 Å². The van der Waals surface area contributed by atoms with E-state index in [1.807, 2.05) is 39.8 Å². The van der Waals surface area contributed by atoms with Crippen LogP contribution in [-0.4, -0.2) is 70.8 Å². The van der Waals surface area contributed by atoms with E-state index in [9.17, 15) is 19.5 Å². The molecule has 0 saturated carbocycles. The highest BCUT2D eigenvalue weighted by Crippen LogP contribution is 2.65. The van der Waals surface area contributed by atoms with E-state index < -0.39 is 41.1 Å². The molecule has 1 aromatic rings. The number of rotatable bonds is 13. The van der Waals surface area contributed by atoms with Gasteiger partial charge in [0.15, 0.2) is 0 Å². The number of likely N-dealkylation sites (tertiary alicyclic amines) is 1. The van der Waals surface area contributed by atoms with Crippen molar-refractivity contribution in [1.82, 2.24) is 4.90 Å². The van der Waals surface area contributed by atoms with Gasteiger partial charge in [0, 0.05) is 6.54 Å². The summed E-state index contributed by atoms with van der Waals surface area (Å²) < 4.78 is 12.5. The molecule has 4 rings (SSSR count). The second-order valence-corrected chi connectivity index (χ2v) is 12.3. The molecule has 3 aliphatic heterocycles. The Balaban J connectivity index is 1.88. The fourth-order valence-corrected chi connectivity index (χ4v) is 7.70. The van der Waals surface area contributed by atoms with Crippen molar-refractivity contribution in [2.45, 2.75) is 83.1 Å². The highest BCUT2D eigenvalue weighted by molar-refractivity contribution is 6.34. The van der Waals surface area contributed by atoms with E-state index in [1.54, 1.807) is 23.1 Å². The van der Waals surface area contributed by atoms with Gasteiger partial charge in [-0.2, -0.15) is 0 Å². The van der Waals surface area contributed by atoms with Crippen molar-refractivity contribution in [3.8, 4) is 0 Å². The number of aliphatic hydroxyl groups is 1. The zero-order valence-electron chi connectivity index (χ0n) is 24.6. The number of carbonyl (C=O) groups excluding carboxylic acids is 3. The number of carbonyl (C=O) groups is 3. The standard InChI is InChI=1S/C32H43ClN2O6/c1-7-10-17-40-30(39)25-24-28(37)35(22(19-36)18-20(4)5)27(32(24)15-14-31(25,9-3)41-32)29(38)34(16-8-2)26-21(6)12-11-13-23(26)33/h7-8,11-13,20,22,24-25,27,36H,1-2,9-10,14-19H2,3-6H3/t22-,24+,25-,27?,31+,32?/m1/s1. The number of benzene rings is 1. The lowest BCUT2D eigenvalue weighted by molar-refractivity contribution is -0.162. The molecule has 3 fully saturated rings. The molecule has 2 unspecified atom stereocenters. The Bertz CT molecular complexity index is 1180. The van der Waals surface area contributed by atoms with Crippen LogP contribution in [0.5, 0.6) is 0 Å². The maximum absolute atomic E-state index is 14.8.